The minimum absolute atomic E-state index is 0.0860. The third-order valence-electron chi connectivity index (χ3n) is 3.80. The van der Waals surface area contributed by atoms with Crippen LogP contribution in [0.15, 0.2) is 24.3 Å². The first-order chi connectivity index (χ1) is 9.15. The Hall–Kier alpha value is -2.23. The molecule has 4 heteroatoms. The summed E-state index contributed by atoms with van der Waals surface area (Å²) in [7, 11) is 3.86. The van der Waals surface area contributed by atoms with E-state index in [9.17, 15) is 4.79 Å². The molecule has 0 spiro atoms. The first-order valence-corrected chi connectivity index (χ1v) is 6.46. The van der Waals surface area contributed by atoms with Crippen molar-refractivity contribution in [1.82, 2.24) is 14.8 Å². The minimum atomic E-state index is -0.0860. The van der Waals surface area contributed by atoms with E-state index in [2.05, 4.69) is 28.9 Å². The van der Waals surface area contributed by atoms with Gasteiger partial charge in [-0.05, 0) is 12.5 Å². The number of amides is 2. The zero-order chi connectivity index (χ0) is 13.6. The average Bonchev–Trinajstić information content (AvgIpc) is 2.63. The number of carbonyl (C=O) groups is 1. The van der Waals surface area contributed by atoms with Crippen molar-refractivity contribution >= 4 is 28.8 Å². The molecule has 4 nitrogen and oxygen atoms in total. The highest BCUT2D eigenvalue weighted by molar-refractivity contribution is 5.89. The van der Waals surface area contributed by atoms with Gasteiger partial charge >= 0.3 is 6.03 Å². The summed E-state index contributed by atoms with van der Waals surface area (Å²) in [6, 6.07) is 8.17. The highest BCUT2D eigenvalue weighted by atomic mass is 16.2. The summed E-state index contributed by atoms with van der Waals surface area (Å²) in [5.74, 6) is 0. The van der Waals surface area contributed by atoms with E-state index in [-0.39, 0.29) is 6.03 Å². The van der Waals surface area contributed by atoms with E-state index in [0.717, 1.165) is 22.7 Å². The minimum Gasteiger partial charge on any atom is -0.342 e. The first-order valence-electron chi connectivity index (χ1n) is 6.46. The number of aryl methyl sites for hydroxylation is 1. The van der Waals surface area contributed by atoms with Crippen molar-refractivity contribution in [3.8, 4) is 0 Å². The third kappa shape index (κ3) is 1.56. The second kappa shape index (κ2) is 4.16. The molecule has 0 saturated heterocycles. The molecule has 0 atom stereocenters. The van der Waals surface area contributed by atoms with Crippen molar-refractivity contribution in [3.05, 3.63) is 34.8 Å². The summed E-state index contributed by atoms with van der Waals surface area (Å²) in [5, 5.41) is 6.22. The van der Waals surface area contributed by atoms with Crippen LogP contribution in [-0.2, 0) is 7.05 Å². The van der Waals surface area contributed by atoms with E-state index in [4.69, 9.17) is 0 Å². The van der Waals surface area contributed by atoms with E-state index in [1.54, 1.807) is 4.90 Å². The van der Waals surface area contributed by atoms with Gasteiger partial charge in [0.2, 0.25) is 0 Å². The molecule has 1 aromatic heterocycles. The van der Waals surface area contributed by atoms with Gasteiger partial charge in [0.15, 0.2) is 0 Å². The van der Waals surface area contributed by atoms with E-state index in [0.29, 0.717) is 0 Å². The van der Waals surface area contributed by atoms with Crippen LogP contribution in [0.25, 0.3) is 22.8 Å². The van der Waals surface area contributed by atoms with Gasteiger partial charge in [0, 0.05) is 42.1 Å². The molecule has 0 bridgehead atoms. The van der Waals surface area contributed by atoms with Gasteiger partial charge in [-0.1, -0.05) is 25.1 Å². The predicted molar refractivity (Wildman–Crippen MR) is 76.6 cm³/mol. The second-order valence-electron chi connectivity index (χ2n) is 4.79. The van der Waals surface area contributed by atoms with Crippen LogP contribution in [-0.4, -0.2) is 22.5 Å². The molecule has 2 heterocycles. The second-order valence-corrected chi connectivity index (χ2v) is 4.79. The van der Waals surface area contributed by atoms with Crippen LogP contribution >= 0.6 is 0 Å². The molecule has 0 radical (unpaired) electrons. The number of aromatic nitrogens is 1. The molecule has 0 aliphatic carbocycles. The summed E-state index contributed by atoms with van der Waals surface area (Å²) in [5.41, 5.74) is 2.22. The summed E-state index contributed by atoms with van der Waals surface area (Å²) < 4.78 is 2.16. The first kappa shape index (κ1) is 11.8. The molecule has 1 aliphatic rings. The van der Waals surface area contributed by atoms with Crippen molar-refractivity contribution in [2.75, 3.05) is 7.05 Å². The Morgan fingerprint density at radius 3 is 2.68 bits per heavy atom. The molecule has 0 unspecified atom stereocenters. The predicted octanol–water partition coefficient (Wildman–Crippen LogP) is 1.09. The third-order valence-corrected chi connectivity index (χ3v) is 3.80. The number of hydrogen-bond acceptors (Lipinski definition) is 1. The maximum Gasteiger partial charge on any atom is 0.325 e. The normalized spacial score (nSPS) is 15.0. The topological polar surface area (TPSA) is 37.3 Å². The zero-order valence-electron chi connectivity index (χ0n) is 11.4. The number of fused-ring (bicyclic) bond motifs is 3. The van der Waals surface area contributed by atoms with Gasteiger partial charge in [0.05, 0.1) is 5.35 Å². The molecule has 2 amide bonds. The maximum absolute atomic E-state index is 12.0. The molecule has 2 aromatic rings. The monoisotopic (exact) mass is 255 g/mol. The fraction of sp³-hybridized carbons (Fsp3) is 0.267. The number of benzene rings is 1. The van der Waals surface area contributed by atoms with Crippen molar-refractivity contribution < 1.29 is 4.79 Å². The fourth-order valence-corrected chi connectivity index (χ4v) is 2.83. The number of rotatable bonds is 1. The SMILES string of the molecule is CCC1=c2c(c3ccccc3n2C)=CNC(=O)N1C. The van der Waals surface area contributed by atoms with Crippen LogP contribution in [0.3, 0.4) is 0 Å². The van der Waals surface area contributed by atoms with Crippen LogP contribution in [0, 0.1) is 0 Å². The van der Waals surface area contributed by atoms with Crippen LogP contribution in [0.2, 0.25) is 0 Å². The molecular weight excluding hydrogens is 238 g/mol. The molecule has 19 heavy (non-hydrogen) atoms. The number of urea groups is 1. The summed E-state index contributed by atoms with van der Waals surface area (Å²) in [6.07, 6.45) is 2.63. The summed E-state index contributed by atoms with van der Waals surface area (Å²) >= 11 is 0. The maximum atomic E-state index is 12.0. The highest BCUT2D eigenvalue weighted by Crippen LogP contribution is 2.11. The number of nitrogens with zero attached hydrogens (tertiary/aromatic N) is 2. The Morgan fingerprint density at radius 2 is 1.95 bits per heavy atom. The lowest BCUT2D eigenvalue weighted by molar-refractivity contribution is 0.228. The molecule has 98 valence electrons. The largest absolute Gasteiger partial charge is 0.342 e. The molecule has 0 saturated carbocycles. The van der Waals surface area contributed by atoms with Crippen LogP contribution < -0.4 is 15.9 Å². The molecule has 3 rings (SSSR count). The number of nitrogens with one attached hydrogen (secondary N) is 1. The number of hydrogen-bond donors (Lipinski definition) is 1. The van der Waals surface area contributed by atoms with Crippen molar-refractivity contribution in [3.63, 3.8) is 0 Å². The lowest BCUT2D eigenvalue weighted by atomic mass is 10.2. The smallest absolute Gasteiger partial charge is 0.325 e. The van der Waals surface area contributed by atoms with Gasteiger partial charge < -0.3 is 9.88 Å². The summed E-state index contributed by atoms with van der Waals surface area (Å²) in [4.78, 5) is 13.6. The Labute approximate surface area is 111 Å². The molecule has 0 fully saturated rings. The molecular formula is C15H17N3O. The van der Waals surface area contributed by atoms with Gasteiger partial charge in [0.1, 0.15) is 0 Å². The van der Waals surface area contributed by atoms with Gasteiger partial charge in [-0.25, -0.2) is 4.79 Å². The average molecular weight is 255 g/mol. The Bertz CT molecular complexity index is 786. The Kier molecular flexibility index (Phi) is 2.59. The van der Waals surface area contributed by atoms with Gasteiger partial charge in [-0.15, -0.1) is 0 Å². The highest BCUT2D eigenvalue weighted by Gasteiger charge is 2.18. The van der Waals surface area contributed by atoms with Gasteiger partial charge in [-0.3, -0.25) is 4.90 Å². The quantitative estimate of drug-likeness (QED) is 0.813. The number of para-hydroxylation sites is 1. The Balaban J connectivity index is 2.59. The standard InChI is InChI=1S/C15H17N3O/c1-4-12-14-11(9-16-15(19)18(12)3)10-7-5-6-8-13(10)17(14)2/h5-9H,4H2,1-3H3,(H,16,19). The van der Waals surface area contributed by atoms with Crippen LogP contribution in [0.1, 0.15) is 13.3 Å². The lowest BCUT2D eigenvalue weighted by Crippen LogP contribution is -2.36. The lowest BCUT2D eigenvalue weighted by Gasteiger charge is -2.18. The molecule has 1 N–H and O–H groups in total. The van der Waals surface area contributed by atoms with Gasteiger partial charge in [0.25, 0.3) is 0 Å². The van der Waals surface area contributed by atoms with E-state index < -0.39 is 0 Å². The molecule has 1 aliphatic heterocycles. The van der Waals surface area contributed by atoms with Crippen LogP contribution in [0.5, 0.6) is 0 Å². The van der Waals surface area contributed by atoms with E-state index >= 15 is 0 Å². The van der Waals surface area contributed by atoms with Gasteiger partial charge in [-0.2, -0.15) is 0 Å². The van der Waals surface area contributed by atoms with E-state index in [1.807, 2.05) is 32.4 Å². The van der Waals surface area contributed by atoms with Crippen molar-refractivity contribution in [2.45, 2.75) is 13.3 Å². The van der Waals surface area contributed by atoms with Crippen LogP contribution in [0.4, 0.5) is 4.79 Å². The Morgan fingerprint density at radius 1 is 1.21 bits per heavy atom. The van der Waals surface area contributed by atoms with E-state index in [1.165, 1.54) is 10.9 Å². The fourth-order valence-electron chi connectivity index (χ4n) is 2.83. The molecule has 1 aromatic carbocycles. The number of carbonyl (C=O) groups excluding carboxylic acids is 1. The zero-order valence-corrected chi connectivity index (χ0v) is 11.4. The van der Waals surface area contributed by atoms with Crippen molar-refractivity contribution in [2.24, 2.45) is 7.05 Å². The summed E-state index contributed by atoms with van der Waals surface area (Å²) in [6.45, 7) is 2.08. The van der Waals surface area contributed by atoms with Crippen molar-refractivity contribution in [1.29, 1.82) is 0 Å².